The van der Waals surface area contributed by atoms with Gasteiger partial charge in [-0.25, -0.2) is 0 Å². The highest BCUT2D eigenvalue weighted by Gasteiger charge is 2.17. The van der Waals surface area contributed by atoms with Gasteiger partial charge in [0.25, 0.3) is 0 Å². The predicted molar refractivity (Wildman–Crippen MR) is 62.3 cm³/mol. The molecule has 0 spiro atoms. The van der Waals surface area contributed by atoms with E-state index in [1.807, 2.05) is 30.3 Å². The van der Waals surface area contributed by atoms with Gasteiger partial charge in [0.15, 0.2) is 5.78 Å². The van der Waals surface area contributed by atoms with Crippen LogP contribution in [0.15, 0.2) is 30.3 Å². The van der Waals surface area contributed by atoms with Gasteiger partial charge in [0.05, 0.1) is 0 Å². The zero-order valence-corrected chi connectivity index (χ0v) is 9.41. The first-order chi connectivity index (χ1) is 7.74. The van der Waals surface area contributed by atoms with Gasteiger partial charge in [-0.2, -0.15) is 9.64 Å². The molecular formula is C12H8N2OS. The molecule has 1 aromatic heterocycles. The van der Waals surface area contributed by atoms with E-state index in [2.05, 4.69) is 10.4 Å². The molecule has 2 rings (SSSR count). The molecule has 16 heavy (non-hydrogen) atoms. The first-order valence-corrected chi connectivity index (χ1v) is 5.47. The van der Waals surface area contributed by atoms with Crippen molar-refractivity contribution in [3.05, 3.63) is 40.8 Å². The van der Waals surface area contributed by atoms with E-state index in [9.17, 15) is 4.79 Å². The summed E-state index contributed by atoms with van der Waals surface area (Å²) in [5.41, 5.74) is 1.84. The second-order valence-corrected chi connectivity index (χ2v) is 4.04. The number of nitriles is 1. The van der Waals surface area contributed by atoms with Gasteiger partial charge in [-0.15, -0.1) is 0 Å². The first kappa shape index (κ1) is 10.5. The molecule has 2 aromatic rings. The molecule has 0 aliphatic heterocycles. The lowest BCUT2D eigenvalue weighted by molar-refractivity contribution is 0.102. The summed E-state index contributed by atoms with van der Waals surface area (Å²) in [6, 6.07) is 11.5. The molecule has 0 N–H and O–H groups in total. The minimum absolute atomic E-state index is 0.115. The topological polar surface area (TPSA) is 53.8 Å². The van der Waals surface area contributed by atoms with Crippen molar-refractivity contribution in [3.63, 3.8) is 0 Å². The Bertz CT molecular complexity index is 566. The van der Waals surface area contributed by atoms with Gasteiger partial charge >= 0.3 is 0 Å². The molecule has 0 bridgehead atoms. The summed E-state index contributed by atoms with van der Waals surface area (Å²) in [6.45, 7) is 1.45. The van der Waals surface area contributed by atoms with Gasteiger partial charge in [0.1, 0.15) is 22.2 Å². The lowest BCUT2D eigenvalue weighted by atomic mass is 10.1. The van der Waals surface area contributed by atoms with Crippen LogP contribution in [0.3, 0.4) is 0 Å². The molecule has 4 heteroatoms. The number of hydrogen-bond acceptors (Lipinski definition) is 4. The molecule has 0 atom stereocenters. The number of rotatable bonds is 2. The van der Waals surface area contributed by atoms with Crippen LogP contribution in [-0.4, -0.2) is 10.2 Å². The molecule has 0 amide bonds. The average molecular weight is 228 g/mol. The van der Waals surface area contributed by atoms with Crippen molar-refractivity contribution < 1.29 is 4.79 Å². The monoisotopic (exact) mass is 228 g/mol. The van der Waals surface area contributed by atoms with E-state index in [0.717, 1.165) is 17.1 Å². The maximum Gasteiger partial charge on any atom is 0.172 e. The fourth-order valence-corrected chi connectivity index (χ4v) is 2.17. The Kier molecular flexibility index (Phi) is 2.80. The van der Waals surface area contributed by atoms with Crippen molar-refractivity contribution in [2.75, 3.05) is 0 Å². The van der Waals surface area contributed by atoms with Crippen molar-refractivity contribution in [1.29, 1.82) is 5.26 Å². The third-order valence-electron chi connectivity index (χ3n) is 2.17. The summed E-state index contributed by atoms with van der Waals surface area (Å²) in [4.78, 5) is 11.7. The lowest BCUT2D eigenvalue weighted by Gasteiger charge is -1.96. The van der Waals surface area contributed by atoms with Crippen molar-refractivity contribution in [2.24, 2.45) is 0 Å². The van der Waals surface area contributed by atoms with Crippen molar-refractivity contribution in [2.45, 2.75) is 6.92 Å². The summed E-state index contributed by atoms with van der Waals surface area (Å²) in [5.74, 6) is -0.115. The number of hydrogen-bond donors (Lipinski definition) is 0. The normalized spacial score (nSPS) is 9.75. The summed E-state index contributed by atoms with van der Waals surface area (Å²) in [5, 5.41) is 9.06. The van der Waals surface area contributed by atoms with Crippen LogP contribution >= 0.6 is 11.5 Å². The molecule has 0 aliphatic carbocycles. The van der Waals surface area contributed by atoms with Crippen LogP contribution in [0.25, 0.3) is 11.3 Å². The summed E-state index contributed by atoms with van der Waals surface area (Å²) >= 11 is 1.08. The smallest absolute Gasteiger partial charge is 0.172 e. The van der Waals surface area contributed by atoms with Crippen LogP contribution in [0.2, 0.25) is 0 Å². The van der Waals surface area contributed by atoms with E-state index in [0.29, 0.717) is 16.1 Å². The fraction of sp³-hybridized carbons (Fsp3) is 0.0833. The van der Waals surface area contributed by atoms with E-state index in [1.54, 1.807) is 0 Å². The van der Waals surface area contributed by atoms with E-state index in [1.165, 1.54) is 6.92 Å². The second kappa shape index (κ2) is 4.25. The maximum atomic E-state index is 11.3. The zero-order valence-electron chi connectivity index (χ0n) is 8.60. The number of carbonyl (C=O) groups is 1. The maximum absolute atomic E-state index is 11.3. The molecule has 1 aromatic carbocycles. The van der Waals surface area contributed by atoms with E-state index >= 15 is 0 Å². The van der Waals surface area contributed by atoms with Gasteiger partial charge in [0.2, 0.25) is 0 Å². The van der Waals surface area contributed by atoms with E-state index in [4.69, 9.17) is 5.26 Å². The second-order valence-electron chi connectivity index (χ2n) is 3.27. The van der Waals surface area contributed by atoms with Crippen molar-refractivity contribution >= 4 is 17.3 Å². The molecule has 1 heterocycles. The third-order valence-corrected chi connectivity index (χ3v) is 3.12. The molecule has 0 saturated heterocycles. The van der Waals surface area contributed by atoms with Crippen molar-refractivity contribution in [3.8, 4) is 17.3 Å². The van der Waals surface area contributed by atoms with Crippen LogP contribution in [0, 0.1) is 11.3 Å². The number of aromatic nitrogens is 1. The first-order valence-electron chi connectivity index (χ1n) is 4.70. The number of benzene rings is 1. The van der Waals surface area contributed by atoms with Crippen LogP contribution in [0.5, 0.6) is 0 Å². The Morgan fingerprint density at radius 3 is 2.62 bits per heavy atom. The van der Waals surface area contributed by atoms with Gasteiger partial charge in [-0.05, 0) is 11.5 Å². The Morgan fingerprint density at radius 1 is 1.38 bits per heavy atom. The summed E-state index contributed by atoms with van der Waals surface area (Å²) in [7, 11) is 0. The van der Waals surface area contributed by atoms with Gasteiger partial charge in [-0.1, -0.05) is 30.3 Å². The number of carbonyl (C=O) groups excluding carboxylic acids is 1. The number of Topliss-reactive ketones (excluding diaryl/α,β-unsaturated/α-hetero) is 1. The standard InChI is InChI=1S/C12H8N2OS/c1-8(15)12-10(7-13)11(14-16-12)9-5-3-2-4-6-9/h2-6H,1H3. The Labute approximate surface area is 97.1 Å². The van der Waals surface area contributed by atoms with Gasteiger partial charge < -0.3 is 0 Å². The van der Waals surface area contributed by atoms with E-state index < -0.39 is 0 Å². The molecular weight excluding hydrogens is 220 g/mol. The van der Waals surface area contributed by atoms with Crippen molar-refractivity contribution in [1.82, 2.24) is 4.37 Å². The highest BCUT2D eigenvalue weighted by molar-refractivity contribution is 7.08. The minimum atomic E-state index is -0.115. The average Bonchev–Trinajstić information content (AvgIpc) is 2.73. The third kappa shape index (κ3) is 1.73. The molecule has 0 unspecified atom stereocenters. The van der Waals surface area contributed by atoms with E-state index in [-0.39, 0.29) is 5.78 Å². The summed E-state index contributed by atoms with van der Waals surface area (Å²) in [6.07, 6.45) is 0. The molecule has 0 aliphatic rings. The van der Waals surface area contributed by atoms with Crippen LogP contribution < -0.4 is 0 Å². The molecule has 0 saturated carbocycles. The Morgan fingerprint density at radius 2 is 2.06 bits per heavy atom. The SMILES string of the molecule is CC(=O)c1snc(-c2ccccc2)c1C#N. The Balaban J connectivity index is 2.60. The molecule has 0 fully saturated rings. The van der Waals surface area contributed by atoms with Gasteiger partial charge in [-0.3, -0.25) is 4.79 Å². The molecule has 0 radical (unpaired) electrons. The fourth-order valence-electron chi connectivity index (χ4n) is 1.43. The molecule has 3 nitrogen and oxygen atoms in total. The lowest BCUT2D eigenvalue weighted by Crippen LogP contribution is -1.91. The van der Waals surface area contributed by atoms with Crippen LogP contribution in [0.1, 0.15) is 22.2 Å². The Hall–Kier alpha value is -1.99. The molecule has 78 valence electrons. The van der Waals surface area contributed by atoms with Crippen LogP contribution in [0.4, 0.5) is 0 Å². The predicted octanol–water partition coefficient (Wildman–Crippen LogP) is 2.88. The highest BCUT2D eigenvalue weighted by atomic mass is 32.1. The largest absolute Gasteiger partial charge is 0.293 e. The van der Waals surface area contributed by atoms with Crippen LogP contribution in [-0.2, 0) is 0 Å². The number of ketones is 1. The quantitative estimate of drug-likeness (QED) is 0.742. The summed E-state index contributed by atoms with van der Waals surface area (Å²) < 4.78 is 4.18. The highest BCUT2D eigenvalue weighted by Crippen LogP contribution is 2.27. The zero-order chi connectivity index (χ0) is 11.5. The number of nitrogens with zero attached hydrogens (tertiary/aromatic N) is 2. The minimum Gasteiger partial charge on any atom is -0.293 e. The van der Waals surface area contributed by atoms with Gasteiger partial charge in [0, 0.05) is 12.5 Å².